The highest BCUT2D eigenvalue weighted by Gasteiger charge is 2.14. The summed E-state index contributed by atoms with van der Waals surface area (Å²) < 4.78 is 0. The van der Waals surface area contributed by atoms with Crippen molar-refractivity contribution in [3.8, 4) is 5.75 Å². The lowest BCUT2D eigenvalue weighted by atomic mass is 10.0. The molecule has 0 radical (unpaired) electrons. The van der Waals surface area contributed by atoms with Crippen LogP contribution in [-0.4, -0.2) is 11.0 Å². The minimum Gasteiger partial charge on any atom is -0.506 e. The van der Waals surface area contributed by atoms with Crippen molar-refractivity contribution in [3.63, 3.8) is 0 Å². The Morgan fingerprint density at radius 2 is 1.67 bits per heavy atom. The van der Waals surface area contributed by atoms with Crippen LogP contribution in [0.3, 0.4) is 0 Å². The fraction of sp³-hybridized carbons (Fsp3) is 0. The van der Waals surface area contributed by atoms with Crippen LogP contribution < -0.4 is 11.1 Å². The number of anilines is 2. The maximum absolute atomic E-state index is 12.3. The summed E-state index contributed by atoms with van der Waals surface area (Å²) in [4.78, 5) is 12.3. The van der Waals surface area contributed by atoms with Gasteiger partial charge in [0.25, 0.3) is 5.91 Å². The fourth-order valence-corrected chi connectivity index (χ4v) is 2.24. The van der Waals surface area contributed by atoms with Crippen LogP contribution >= 0.6 is 0 Å². The molecular formula is C17H14N2O2. The smallest absolute Gasteiger partial charge is 0.259 e. The normalized spacial score (nSPS) is 10.5. The predicted molar refractivity (Wildman–Crippen MR) is 84.4 cm³/mol. The average Bonchev–Trinajstić information content (AvgIpc) is 2.50. The Morgan fingerprint density at radius 1 is 0.952 bits per heavy atom. The second kappa shape index (κ2) is 5.17. The summed E-state index contributed by atoms with van der Waals surface area (Å²) in [5, 5.41) is 14.5. The number of nitrogens with one attached hydrogen (secondary N) is 1. The van der Waals surface area contributed by atoms with Crippen molar-refractivity contribution in [1.82, 2.24) is 0 Å². The number of benzene rings is 3. The monoisotopic (exact) mass is 278 g/mol. The molecule has 104 valence electrons. The number of phenols is 1. The van der Waals surface area contributed by atoms with Crippen LogP contribution in [0.15, 0.2) is 60.7 Å². The molecular weight excluding hydrogens is 264 g/mol. The number of rotatable bonds is 2. The van der Waals surface area contributed by atoms with E-state index in [0.29, 0.717) is 16.8 Å². The third kappa shape index (κ3) is 2.39. The molecule has 0 saturated carbocycles. The van der Waals surface area contributed by atoms with Crippen LogP contribution in [0.1, 0.15) is 10.4 Å². The molecule has 0 saturated heterocycles. The number of hydrogen-bond donors (Lipinski definition) is 3. The van der Waals surface area contributed by atoms with Gasteiger partial charge in [-0.05, 0) is 23.6 Å². The van der Waals surface area contributed by atoms with E-state index in [0.717, 1.165) is 5.39 Å². The number of nitrogen functional groups attached to an aromatic ring is 1. The van der Waals surface area contributed by atoms with Gasteiger partial charge in [0.05, 0.1) is 16.9 Å². The zero-order chi connectivity index (χ0) is 14.8. The third-order valence-electron chi connectivity index (χ3n) is 3.35. The van der Waals surface area contributed by atoms with E-state index < -0.39 is 5.91 Å². The minimum absolute atomic E-state index is 0.0277. The van der Waals surface area contributed by atoms with E-state index in [1.54, 1.807) is 42.5 Å². The summed E-state index contributed by atoms with van der Waals surface area (Å²) in [5.41, 5.74) is 7.02. The van der Waals surface area contributed by atoms with Gasteiger partial charge in [-0.15, -0.1) is 0 Å². The third-order valence-corrected chi connectivity index (χ3v) is 3.35. The molecule has 0 aliphatic heterocycles. The highest BCUT2D eigenvalue weighted by molar-refractivity contribution is 6.10. The van der Waals surface area contributed by atoms with Crippen molar-refractivity contribution in [3.05, 3.63) is 66.2 Å². The van der Waals surface area contributed by atoms with Crippen molar-refractivity contribution < 1.29 is 9.90 Å². The molecule has 4 nitrogen and oxygen atoms in total. The lowest BCUT2D eigenvalue weighted by Crippen LogP contribution is -2.13. The Morgan fingerprint density at radius 3 is 2.48 bits per heavy atom. The number of carbonyl (C=O) groups excluding carboxylic acids is 1. The van der Waals surface area contributed by atoms with Gasteiger partial charge in [-0.3, -0.25) is 4.79 Å². The maximum atomic E-state index is 12.3. The SMILES string of the molecule is Nc1ccccc1NC(=O)c1ccc2ccccc2c1O. The molecule has 0 fully saturated rings. The largest absolute Gasteiger partial charge is 0.506 e. The molecule has 0 heterocycles. The molecule has 0 aliphatic rings. The Balaban J connectivity index is 1.99. The standard InChI is InChI=1S/C17H14N2O2/c18-14-7-3-4-8-15(14)19-17(21)13-10-9-11-5-1-2-6-12(11)16(13)20/h1-10,20H,18H2,(H,19,21). The topological polar surface area (TPSA) is 75.3 Å². The summed E-state index contributed by atoms with van der Waals surface area (Å²) in [6.07, 6.45) is 0. The molecule has 0 aliphatic carbocycles. The molecule has 0 aromatic heterocycles. The Labute approximate surface area is 121 Å². The zero-order valence-corrected chi connectivity index (χ0v) is 11.2. The van der Waals surface area contributed by atoms with E-state index in [1.165, 1.54) is 0 Å². The first-order valence-electron chi connectivity index (χ1n) is 6.53. The Kier molecular flexibility index (Phi) is 3.20. The quantitative estimate of drug-likeness (QED) is 0.629. The lowest BCUT2D eigenvalue weighted by Gasteiger charge is -2.10. The Bertz CT molecular complexity index is 828. The van der Waals surface area contributed by atoms with Crippen LogP contribution in [0.5, 0.6) is 5.75 Å². The van der Waals surface area contributed by atoms with E-state index in [1.807, 2.05) is 18.2 Å². The van der Waals surface area contributed by atoms with Crippen LogP contribution in [-0.2, 0) is 0 Å². The number of fused-ring (bicyclic) bond motifs is 1. The second-order valence-corrected chi connectivity index (χ2v) is 4.72. The van der Waals surface area contributed by atoms with Crippen molar-refractivity contribution in [2.75, 3.05) is 11.1 Å². The highest BCUT2D eigenvalue weighted by Crippen LogP contribution is 2.29. The van der Waals surface area contributed by atoms with Gasteiger partial charge in [-0.2, -0.15) is 0 Å². The number of amides is 1. The number of carbonyl (C=O) groups is 1. The summed E-state index contributed by atoms with van der Waals surface area (Å²) in [6.45, 7) is 0. The van der Waals surface area contributed by atoms with E-state index in [4.69, 9.17) is 5.73 Å². The molecule has 0 unspecified atom stereocenters. The summed E-state index contributed by atoms with van der Waals surface area (Å²) in [7, 11) is 0. The minimum atomic E-state index is -0.392. The number of aromatic hydroxyl groups is 1. The van der Waals surface area contributed by atoms with Crippen LogP contribution in [0.4, 0.5) is 11.4 Å². The number of hydrogen-bond acceptors (Lipinski definition) is 3. The Hall–Kier alpha value is -3.01. The van der Waals surface area contributed by atoms with Crippen molar-refractivity contribution in [2.24, 2.45) is 0 Å². The van der Waals surface area contributed by atoms with Gasteiger partial charge in [0, 0.05) is 5.39 Å². The summed E-state index contributed by atoms with van der Waals surface area (Å²) in [5.74, 6) is -0.420. The first-order chi connectivity index (χ1) is 10.2. The maximum Gasteiger partial charge on any atom is 0.259 e. The van der Waals surface area contributed by atoms with Gasteiger partial charge < -0.3 is 16.2 Å². The number of nitrogens with two attached hydrogens (primary N) is 1. The molecule has 1 amide bonds. The molecule has 3 rings (SSSR count). The number of phenolic OH excluding ortho intramolecular Hbond substituents is 1. The van der Waals surface area contributed by atoms with Gasteiger partial charge in [-0.25, -0.2) is 0 Å². The van der Waals surface area contributed by atoms with Gasteiger partial charge in [-0.1, -0.05) is 42.5 Å². The molecule has 4 N–H and O–H groups in total. The summed E-state index contributed by atoms with van der Waals surface area (Å²) >= 11 is 0. The van der Waals surface area contributed by atoms with Gasteiger partial charge in [0.15, 0.2) is 0 Å². The molecule has 0 bridgehead atoms. The molecule has 3 aromatic rings. The van der Waals surface area contributed by atoms with E-state index >= 15 is 0 Å². The number of para-hydroxylation sites is 2. The molecule has 0 atom stereocenters. The van der Waals surface area contributed by atoms with Crippen molar-refractivity contribution in [1.29, 1.82) is 0 Å². The van der Waals surface area contributed by atoms with Crippen LogP contribution in [0, 0.1) is 0 Å². The average molecular weight is 278 g/mol. The van der Waals surface area contributed by atoms with Crippen molar-refractivity contribution >= 4 is 28.1 Å². The van der Waals surface area contributed by atoms with E-state index in [-0.39, 0.29) is 11.3 Å². The highest BCUT2D eigenvalue weighted by atomic mass is 16.3. The molecule has 3 aromatic carbocycles. The molecule has 4 heteroatoms. The van der Waals surface area contributed by atoms with Gasteiger partial charge >= 0.3 is 0 Å². The predicted octanol–water partition coefficient (Wildman–Crippen LogP) is 3.38. The molecule has 0 spiro atoms. The zero-order valence-electron chi connectivity index (χ0n) is 11.2. The van der Waals surface area contributed by atoms with Gasteiger partial charge in [0.2, 0.25) is 0 Å². The van der Waals surface area contributed by atoms with Crippen LogP contribution in [0.25, 0.3) is 10.8 Å². The lowest BCUT2D eigenvalue weighted by molar-refractivity contribution is 0.102. The van der Waals surface area contributed by atoms with E-state index in [9.17, 15) is 9.90 Å². The summed E-state index contributed by atoms with van der Waals surface area (Å²) in [6, 6.07) is 17.8. The van der Waals surface area contributed by atoms with Crippen LogP contribution in [0.2, 0.25) is 0 Å². The van der Waals surface area contributed by atoms with Crippen molar-refractivity contribution in [2.45, 2.75) is 0 Å². The first kappa shape index (κ1) is 13.0. The fourth-order valence-electron chi connectivity index (χ4n) is 2.24. The van der Waals surface area contributed by atoms with E-state index in [2.05, 4.69) is 5.32 Å². The second-order valence-electron chi connectivity index (χ2n) is 4.72. The molecule has 21 heavy (non-hydrogen) atoms. The van der Waals surface area contributed by atoms with Gasteiger partial charge in [0.1, 0.15) is 5.75 Å². The first-order valence-corrected chi connectivity index (χ1v) is 6.53.